The Bertz CT molecular complexity index is 1120. The molecule has 1 saturated heterocycles. The number of hydrogen-bond acceptors (Lipinski definition) is 3. The van der Waals surface area contributed by atoms with Crippen molar-refractivity contribution < 1.29 is 14.0 Å². The first-order valence-corrected chi connectivity index (χ1v) is 11.3. The summed E-state index contributed by atoms with van der Waals surface area (Å²) >= 11 is 0. The zero-order valence-electron chi connectivity index (χ0n) is 17.8. The first-order valence-electron chi connectivity index (χ1n) is 11.3. The maximum atomic E-state index is 12.7. The molecule has 2 aliphatic rings. The number of nitrogens with one attached hydrogen (secondary N) is 1. The number of hydrogen-bond donors (Lipinski definition) is 1. The van der Waals surface area contributed by atoms with Crippen LogP contribution in [-0.4, -0.2) is 29.8 Å². The highest BCUT2D eigenvalue weighted by atomic mass is 16.3. The molecule has 0 spiro atoms. The van der Waals surface area contributed by atoms with Crippen LogP contribution in [0.1, 0.15) is 58.3 Å². The molecule has 0 atom stereocenters. The van der Waals surface area contributed by atoms with E-state index in [0.717, 1.165) is 60.9 Å². The Balaban J connectivity index is 1.22. The minimum absolute atomic E-state index is 0.0454. The molecule has 1 aliphatic carbocycles. The number of nitrogens with zero attached hydrogens (tertiary/aromatic N) is 1. The quantitative estimate of drug-likeness (QED) is 0.670. The van der Waals surface area contributed by atoms with Gasteiger partial charge in [-0.1, -0.05) is 12.1 Å². The van der Waals surface area contributed by atoms with Gasteiger partial charge < -0.3 is 14.6 Å². The van der Waals surface area contributed by atoms with E-state index >= 15 is 0 Å². The van der Waals surface area contributed by atoms with Crippen molar-refractivity contribution in [3.05, 3.63) is 70.5 Å². The lowest BCUT2D eigenvalue weighted by Crippen LogP contribution is -2.35. The lowest BCUT2D eigenvalue weighted by atomic mass is 10.0. The van der Waals surface area contributed by atoms with Crippen molar-refractivity contribution in [2.45, 2.75) is 51.5 Å². The highest BCUT2D eigenvalue weighted by Gasteiger charge is 2.19. The minimum atomic E-state index is -0.0454. The first kappa shape index (κ1) is 19.9. The van der Waals surface area contributed by atoms with Crippen molar-refractivity contribution in [3.8, 4) is 0 Å². The third kappa shape index (κ3) is 4.22. The van der Waals surface area contributed by atoms with Crippen molar-refractivity contribution >= 4 is 22.8 Å². The normalized spacial score (nSPS) is 15.8. The SMILES string of the molecule is O=C(Cc1coc2cc3c(cc12)CCC3)NCc1cccc(C(=O)N2CCCCC2)c1. The predicted molar refractivity (Wildman–Crippen MR) is 120 cm³/mol. The monoisotopic (exact) mass is 416 g/mol. The standard InChI is InChI=1S/C26H28N2O3/c29-25(15-22-17-31-24-14-20-8-5-7-19(20)13-23(22)24)27-16-18-6-4-9-21(12-18)26(30)28-10-2-1-3-11-28/h4,6,9,12-14,17H,1-3,5,7-8,10-11,15-16H2,(H,27,29). The molecule has 3 aromatic rings. The van der Waals surface area contributed by atoms with Gasteiger partial charge in [0.05, 0.1) is 12.7 Å². The van der Waals surface area contributed by atoms with Gasteiger partial charge >= 0.3 is 0 Å². The topological polar surface area (TPSA) is 62.6 Å². The van der Waals surface area contributed by atoms with Crippen LogP contribution in [0.4, 0.5) is 0 Å². The Kier molecular flexibility index (Phi) is 5.49. The van der Waals surface area contributed by atoms with E-state index in [1.807, 2.05) is 29.2 Å². The van der Waals surface area contributed by atoms with Crippen LogP contribution in [0, 0.1) is 0 Å². The van der Waals surface area contributed by atoms with Gasteiger partial charge in [0.15, 0.2) is 0 Å². The van der Waals surface area contributed by atoms with Gasteiger partial charge in [-0.25, -0.2) is 0 Å². The lowest BCUT2D eigenvalue weighted by Gasteiger charge is -2.26. The van der Waals surface area contributed by atoms with E-state index in [2.05, 4.69) is 17.4 Å². The second kappa shape index (κ2) is 8.58. The molecule has 2 aromatic carbocycles. The lowest BCUT2D eigenvalue weighted by molar-refractivity contribution is -0.120. The smallest absolute Gasteiger partial charge is 0.253 e. The summed E-state index contributed by atoms with van der Waals surface area (Å²) in [5, 5.41) is 4.04. The van der Waals surface area contributed by atoms with Crippen LogP contribution in [0.15, 0.2) is 47.1 Å². The van der Waals surface area contributed by atoms with Gasteiger partial charge in [-0.2, -0.15) is 0 Å². The number of carbonyl (C=O) groups excluding carboxylic acids is 2. The first-order chi connectivity index (χ1) is 15.2. The van der Waals surface area contributed by atoms with Crippen LogP contribution < -0.4 is 5.32 Å². The Morgan fingerprint density at radius 1 is 0.968 bits per heavy atom. The fourth-order valence-corrected chi connectivity index (χ4v) is 4.81. The Morgan fingerprint density at radius 2 is 1.77 bits per heavy atom. The molecule has 0 unspecified atom stereocenters. The number of amides is 2. The molecule has 2 amide bonds. The minimum Gasteiger partial charge on any atom is -0.464 e. The second-order valence-corrected chi connectivity index (χ2v) is 8.74. The number of fused-ring (bicyclic) bond motifs is 2. The van der Waals surface area contributed by atoms with E-state index in [0.29, 0.717) is 12.1 Å². The van der Waals surface area contributed by atoms with Crippen LogP contribution in [0.3, 0.4) is 0 Å². The van der Waals surface area contributed by atoms with Crippen molar-refractivity contribution in [2.75, 3.05) is 13.1 Å². The Hall–Kier alpha value is -3.08. The summed E-state index contributed by atoms with van der Waals surface area (Å²) in [5.74, 6) is 0.0428. The molecule has 160 valence electrons. The molecule has 2 heterocycles. The van der Waals surface area contributed by atoms with Gasteiger partial charge in [0.1, 0.15) is 5.58 Å². The molecule has 1 fully saturated rings. The fourth-order valence-electron chi connectivity index (χ4n) is 4.81. The Morgan fingerprint density at radius 3 is 2.61 bits per heavy atom. The molecule has 0 saturated carbocycles. The zero-order chi connectivity index (χ0) is 21.2. The van der Waals surface area contributed by atoms with Crippen molar-refractivity contribution in [3.63, 3.8) is 0 Å². The molecule has 0 bridgehead atoms. The summed E-state index contributed by atoms with van der Waals surface area (Å²) in [6.45, 7) is 2.08. The fraction of sp³-hybridized carbons (Fsp3) is 0.385. The molecular formula is C26H28N2O3. The van der Waals surface area contributed by atoms with Crippen LogP contribution in [0.2, 0.25) is 0 Å². The summed E-state index contributed by atoms with van der Waals surface area (Å²) in [6.07, 6.45) is 8.76. The van der Waals surface area contributed by atoms with Crippen molar-refractivity contribution in [1.29, 1.82) is 0 Å². The van der Waals surface area contributed by atoms with E-state index in [9.17, 15) is 9.59 Å². The third-order valence-electron chi connectivity index (χ3n) is 6.53. The van der Waals surface area contributed by atoms with Crippen LogP contribution in [-0.2, 0) is 30.6 Å². The molecular weight excluding hydrogens is 388 g/mol. The number of carbonyl (C=O) groups is 2. The van der Waals surface area contributed by atoms with E-state index in [-0.39, 0.29) is 18.2 Å². The molecule has 5 nitrogen and oxygen atoms in total. The molecule has 5 rings (SSSR count). The van der Waals surface area contributed by atoms with Gasteiger partial charge in [-0.3, -0.25) is 9.59 Å². The summed E-state index contributed by atoms with van der Waals surface area (Å²) in [5.41, 5.74) is 6.18. The summed E-state index contributed by atoms with van der Waals surface area (Å²) in [6, 6.07) is 11.9. The largest absolute Gasteiger partial charge is 0.464 e. The third-order valence-corrected chi connectivity index (χ3v) is 6.53. The number of piperidine rings is 1. The molecule has 0 radical (unpaired) electrons. The molecule has 1 N–H and O–H groups in total. The molecule has 5 heteroatoms. The maximum Gasteiger partial charge on any atom is 0.253 e. The second-order valence-electron chi connectivity index (χ2n) is 8.74. The van der Waals surface area contributed by atoms with Gasteiger partial charge in [-0.15, -0.1) is 0 Å². The molecule has 1 aromatic heterocycles. The molecule has 1 aliphatic heterocycles. The number of aryl methyl sites for hydroxylation is 2. The van der Waals surface area contributed by atoms with E-state index < -0.39 is 0 Å². The number of benzene rings is 2. The van der Waals surface area contributed by atoms with E-state index in [1.165, 1.54) is 24.0 Å². The highest BCUT2D eigenvalue weighted by Crippen LogP contribution is 2.30. The average Bonchev–Trinajstić information content (AvgIpc) is 3.43. The summed E-state index contributed by atoms with van der Waals surface area (Å²) in [7, 11) is 0. The van der Waals surface area contributed by atoms with Crippen molar-refractivity contribution in [2.24, 2.45) is 0 Å². The van der Waals surface area contributed by atoms with Crippen LogP contribution >= 0.6 is 0 Å². The van der Waals surface area contributed by atoms with E-state index in [4.69, 9.17) is 4.42 Å². The number of rotatable bonds is 5. The Labute approximate surface area is 182 Å². The summed E-state index contributed by atoms with van der Waals surface area (Å²) in [4.78, 5) is 27.3. The molecule has 31 heavy (non-hydrogen) atoms. The predicted octanol–water partition coefficient (Wildman–Crippen LogP) is 4.41. The summed E-state index contributed by atoms with van der Waals surface area (Å²) < 4.78 is 5.72. The van der Waals surface area contributed by atoms with E-state index in [1.54, 1.807) is 6.26 Å². The van der Waals surface area contributed by atoms with Gasteiger partial charge in [0.25, 0.3) is 5.91 Å². The van der Waals surface area contributed by atoms with Gasteiger partial charge in [0, 0.05) is 36.1 Å². The van der Waals surface area contributed by atoms with Gasteiger partial charge in [-0.05, 0) is 79.5 Å². The highest BCUT2D eigenvalue weighted by molar-refractivity contribution is 5.94. The average molecular weight is 417 g/mol. The van der Waals surface area contributed by atoms with Crippen LogP contribution in [0.25, 0.3) is 11.0 Å². The number of furan rings is 1. The van der Waals surface area contributed by atoms with Crippen LogP contribution in [0.5, 0.6) is 0 Å². The van der Waals surface area contributed by atoms with Gasteiger partial charge in [0.2, 0.25) is 5.91 Å². The van der Waals surface area contributed by atoms with Crippen molar-refractivity contribution in [1.82, 2.24) is 10.2 Å². The number of likely N-dealkylation sites (tertiary alicyclic amines) is 1. The maximum absolute atomic E-state index is 12.7. The zero-order valence-corrected chi connectivity index (χ0v) is 17.8.